The topological polar surface area (TPSA) is 51.2 Å². The number of hydrogen-bond donors (Lipinski definition) is 2. The van der Waals surface area contributed by atoms with Gasteiger partial charge in [0.2, 0.25) is 0 Å². The molecule has 0 fully saturated rings. The average molecular weight is 216 g/mol. The largest absolute Gasteiger partial charge is 0.446 e. The molecule has 3 heteroatoms. The molecule has 3 nitrogen and oxygen atoms in total. The molecule has 2 aromatic rings. The van der Waals surface area contributed by atoms with Crippen molar-refractivity contribution in [3.05, 3.63) is 53.3 Å². The first-order chi connectivity index (χ1) is 7.78. The number of anilines is 1. The maximum absolute atomic E-state index is 5.59. The second-order valence-electron chi connectivity index (χ2n) is 3.79. The van der Waals surface area contributed by atoms with Crippen LogP contribution in [0.4, 0.5) is 5.88 Å². The van der Waals surface area contributed by atoms with Gasteiger partial charge in [0.1, 0.15) is 5.76 Å². The molecule has 0 bridgehead atoms. The van der Waals surface area contributed by atoms with Crippen LogP contribution in [-0.4, -0.2) is 0 Å². The monoisotopic (exact) mass is 216 g/mol. The molecule has 0 aliphatic carbocycles. The lowest BCUT2D eigenvalue weighted by molar-refractivity contribution is 0.546. The van der Waals surface area contributed by atoms with E-state index in [0.717, 1.165) is 23.8 Å². The molecule has 0 aliphatic heterocycles. The van der Waals surface area contributed by atoms with Crippen LogP contribution in [0.1, 0.15) is 16.9 Å². The molecule has 84 valence electrons. The first kappa shape index (κ1) is 10.8. The van der Waals surface area contributed by atoms with Gasteiger partial charge in [-0.05, 0) is 24.1 Å². The fourth-order valence-corrected chi connectivity index (χ4v) is 1.59. The summed E-state index contributed by atoms with van der Waals surface area (Å²) in [6.45, 7) is 3.26. The maximum Gasteiger partial charge on any atom is 0.193 e. The molecule has 3 N–H and O–H groups in total. The Labute approximate surface area is 95.3 Å². The van der Waals surface area contributed by atoms with E-state index in [1.165, 1.54) is 5.56 Å². The van der Waals surface area contributed by atoms with E-state index in [2.05, 4.69) is 17.4 Å². The summed E-state index contributed by atoms with van der Waals surface area (Å²) in [5.74, 6) is 1.72. The van der Waals surface area contributed by atoms with Gasteiger partial charge in [0.15, 0.2) is 5.88 Å². The third-order valence-electron chi connectivity index (χ3n) is 2.43. The van der Waals surface area contributed by atoms with Crippen molar-refractivity contribution in [3.63, 3.8) is 0 Å². The van der Waals surface area contributed by atoms with Crippen LogP contribution in [0, 0.1) is 6.92 Å². The number of hydrogen-bond acceptors (Lipinski definition) is 3. The summed E-state index contributed by atoms with van der Waals surface area (Å²) in [7, 11) is 0. The molecule has 0 saturated heterocycles. The number of nitrogens with one attached hydrogen (secondary N) is 1. The van der Waals surface area contributed by atoms with E-state index in [1.807, 2.05) is 31.2 Å². The van der Waals surface area contributed by atoms with Gasteiger partial charge in [0.05, 0.1) is 0 Å². The Bertz CT molecular complexity index is 462. The molecule has 0 radical (unpaired) electrons. The molecule has 1 aromatic carbocycles. The van der Waals surface area contributed by atoms with Gasteiger partial charge in [-0.1, -0.05) is 24.3 Å². The minimum atomic E-state index is 0.577. The molecule has 16 heavy (non-hydrogen) atoms. The van der Waals surface area contributed by atoms with Crippen LogP contribution in [0.15, 0.2) is 40.8 Å². The van der Waals surface area contributed by atoms with Gasteiger partial charge < -0.3 is 15.5 Å². The standard InChI is InChI=1S/C13H16N2O/c1-10-5-6-13(16-10)15-9-12-4-2-3-11(7-12)8-14/h2-7,15H,8-9,14H2,1H3. The molecule has 0 aliphatic rings. The van der Waals surface area contributed by atoms with Crippen molar-refractivity contribution in [2.45, 2.75) is 20.0 Å². The van der Waals surface area contributed by atoms with Crippen molar-refractivity contribution < 1.29 is 4.42 Å². The fourth-order valence-electron chi connectivity index (χ4n) is 1.59. The highest BCUT2D eigenvalue weighted by molar-refractivity contribution is 5.34. The highest BCUT2D eigenvalue weighted by Gasteiger charge is 1.98. The second kappa shape index (κ2) is 4.86. The van der Waals surface area contributed by atoms with Crippen molar-refractivity contribution >= 4 is 5.88 Å². The van der Waals surface area contributed by atoms with Crippen LogP contribution >= 0.6 is 0 Å². The van der Waals surface area contributed by atoms with Crippen LogP contribution in [0.25, 0.3) is 0 Å². The van der Waals surface area contributed by atoms with Crippen molar-refractivity contribution in [2.75, 3.05) is 5.32 Å². The Kier molecular flexibility index (Phi) is 3.27. The summed E-state index contributed by atoms with van der Waals surface area (Å²) in [5, 5.41) is 3.23. The smallest absolute Gasteiger partial charge is 0.193 e. The Morgan fingerprint density at radius 2 is 2.00 bits per heavy atom. The molecule has 0 unspecified atom stereocenters. The lowest BCUT2D eigenvalue weighted by atomic mass is 10.1. The molecule has 0 amide bonds. The highest BCUT2D eigenvalue weighted by Crippen LogP contribution is 2.13. The second-order valence-corrected chi connectivity index (χ2v) is 3.79. The van der Waals surface area contributed by atoms with E-state index in [9.17, 15) is 0 Å². The summed E-state index contributed by atoms with van der Waals surface area (Å²) in [4.78, 5) is 0. The molecule has 1 heterocycles. The predicted octanol–water partition coefficient (Wildman–Crippen LogP) is 2.66. The molecule has 1 aromatic heterocycles. The zero-order valence-corrected chi connectivity index (χ0v) is 9.36. The summed E-state index contributed by atoms with van der Waals surface area (Å²) in [6.07, 6.45) is 0. The zero-order valence-electron chi connectivity index (χ0n) is 9.36. The SMILES string of the molecule is Cc1ccc(NCc2cccc(CN)c2)o1. The molecule has 2 rings (SSSR count). The number of furan rings is 1. The van der Waals surface area contributed by atoms with E-state index in [4.69, 9.17) is 10.2 Å². The zero-order chi connectivity index (χ0) is 11.4. The highest BCUT2D eigenvalue weighted by atomic mass is 16.4. The van der Waals surface area contributed by atoms with E-state index in [0.29, 0.717) is 6.54 Å². The Morgan fingerprint density at radius 1 is 1.19 bits per heavy atom. The minimum absolute atomic E-state index is 0.577. The van der Waals surface area contributed by atoms with Crippen LogP contribution in [0.3, 0.4) is 0 Å². The molecule has 0 atom stereocenters. The van der Waals surface area contributed by atoms with Crippen LogP contribution in [-0.2, 0) is 13.1 Å². The lowest BCUT2D eigenvalue weighted by Gasteiger charge is -2.04. The first-order valence-electron chi connectivity index (χ1n) is 5.36. The number of rotatable bonds is 4. The summed E-state index contributed by atoms with van der Waals surface area (Å²) in [5.41, 5.74) is 7.94. The van der Waals surface area contributed by atoms with E-state index >= 15 is 0 Å². The van der Waals surface area contributed by atoms with Gasteiger partial charge in [0, 0.05) is 19.2 Å². The van der Waals surface area contributed by atoms with Gasteiger partial charge in [-0.2, -0.15) is 0 Å². The number of aryl methyl sites for hydroxylation is 1. The third kappa shape index (κ3) is 2.64. The fraction of sp³-hybridized carbons (Fsp3) is 0.231. The Morgan fingerprint density at radius 3 is 2.69 bits per heavy atom. The van der Waals surface area contributed by atoms with E-state index in [-0.39, 0.29) is 0 Å². The Hall–Kier alpha value is -1.74. The lowest BCUT2D eigenvalue weighted by Crippen LogP contribution is -2.01. The minimum Gasteiger partial charge on any atom is -0.446 e. The van der Waals surface area contributed by atoms with Crippen LogP contribution in [0.2, 0.25) is 0 Å². The summed E-state index contributed by atoms with van der Waals surface area (Å²) >= 11 is 0. The van der Waals surface area contributed by atoms with Gasteiger partial charge in [-0.25, -0.2) is 0 Å². The normalized spacial score (nSPS) is 10.4. The summed E-state index contributed by atoms with van der Waals surface area (Å²) < 4.78 is 5.43. The third-order valence-corrected chi connectivity index (χ3v) is 2.43. The van der Waals surface area contributed by atoms with Crippen molar-refractivity contribution in [1.82, 2.24) is 0 Å². The van der Waals surface area contributed by atoms with Crippen molar-refractivity contribution in [3.8, 4) is 0 Å². The summed E-state index contributed by atoms with van der Waals surface area (Å²) in [6, 6.07) is 12.1. The van der Waals surface area contributed by atoms with Gasteiger partial charge in [-0.15, -0.1) is 0 Å². The van der Waals surface area contributed by atoms with Gasteiger partial charge in [-0.3, -0.25) is 0 Å². The molecule has 0 saturated carbocycles. The average Bonchev–Trinajstić information content (AvgIpc) is 2.73. The first-order valence-corrected chi connectivity index (χ1v) is 5.36. The van der Waals surface area contributed by atoms with Crippen molar-refractivity contribution in [2.24, 2.45) is 5.73 Å². The quantitative estimate of drug-likeness (QED) is 0.826. The Balaban J connectivity index is 1.99. The van der Waals surface area contributed by atoms with Gasteiger partial charge >= 0.3 is 0 Å². The van der Waals surface area contributed by atoms with Crippen LogP contribution < -0.4 is 11.1 Å². The number of benzene rings is 1. The van der Waals surface area contributed by atoms with Gasteiger partial charge in [0.25, 0.3) is 0 Å². The molecular formula is C13H16N2O. The maximum atomic E-state index is 5.59. The van der Waals surface area contributed by atoms with E-state index in [1.54, 1.807) is 0 Å². The predicted molar refractivity (Wildman–Crippen MR) is 65.1 cm³/mol. The molecular weight excluding hydrogens is 200 g/mol. The molecule has 0 spiro atoms. The van der Waals surface area contributed by atoms with Crippen molar-refractivity contribution in [1.29, 1.82) is 0 Å². The van der Waals surface area contributed by atoms with Crippen LogP contribution in [0.5, 0.6) is 0 Å². The van der Waals surface area contributed by atoms with E-state index < -0.39 is 0 Å². The number of nitrogens with two attached hydrogens (primary N) is 1.